The zero-order valence-electron chi connectivity index (χ0n) is 36.1. The molecule has 0 heterocycles. The molecule has 0 saturated heterocycles. The van der Waals surface area contributed by atoms with Crippen molar-refractivity contribution in [2.24, 2.45) is 0 Å². The fourth-order valence-corrected chi connectivity index (χ4v) is 8.11. The second kappa shape index (κ2) is 49.5. The van der Waals surface area contributed by atoms with Gasteiger partial charge >= 0.3 is 0 Å². The van der Waals surface area contributed by atoms with Gasteiger partial charge in [0, 0.05) is 0 Å². The lowest BCUT2D eigenvalue weighted by molar-refractivity contribution is 0.508. The monoisotopic (exact) mass is 713 g/mol. The SMILES string of the molecule is CC=CCCCCCCCCCCCCCCCCCCCCCCCCCCCCCCCCCCCCCCCCCCCCCC=CC. The molecule has 0 fully saturated rings. The smallest absolute Gasteiger partial charge is 0.0351 e. The van der Waals surface area contributed by atoms with Crippen molar-refractivity contribution in [3.63, 3.8) is 0 Å². The van der Waals surface area contributed by atoms with Crippen molar-refractivity contribution < 1.29 is 0 Å². The highest BCUT2D eigenvalue weighted by atomic mass is 14.0. The van der Waals surface area contributed by atoms with E-state index in [0.29, 0.717) is 0 Å². The molecule has 0 heteroatoms. The van der Waals surface area contributed by atoms with Gasteiger partial charge in [-0.25, -0.2) is 0 Å². The molecule has 0 unspecified atom stereocenters. The van der Waals surface area contributed by atoms with Crippen LogP contribution in [0.15, 0.2) is 24.3 Å². The fraction of sp³-hybridized carbons (Fsp3) is 0.922. The van der Waals surface area contributed by atoms with Crippen LogP contribution in [0, 0.1) is 0 Å². The quantitative estimate of drug-likeness (QED) is 0.0435. The largest absolute Gasteiger partial charge is 0.0917 e. The van der Waals surface area contributed by atoms with Crippen molar-refractivity contribution in [2.75, 3.05) is 0 Å². The maximum absolute atomic E-state index is 2.31. The summed E-state index contributed by atoms with van der Waals surface area (Å²) in [4.78, 5) is 0. The molecular weight excluding hydrogens is 613 g/mol. The lowest BCUT2D eigenvalue weighted by Gasteiger charge is -2.05. The molecule has 0 radical (unpaired) electrons. The average Bonchev–Trinajstić information content (AvgIpc) is 3.14. The van der Waals surface area contributed by atoms with Crippen LogP contribution in [0.5, 0.6) is 0 Å². The van der Waals surface area contributed by atoms with Gasteiger partial charge in [-0.3, -0.25) is 0 Å². The van der Waals surface area contributed by atoms with Gasteiger partial charge in [-0.05, 0) is 39.5 Å². The third-order valence-electron chi connectivity index (χ3n) is 11.7. The first kappa shape index (κ1) is 50.5. The molecule has 0 amide bonds. The van der Waals surface area contributed by atoms with E-state index in [1.165, 1.54) is 289 Å². The second-order valence-corrected chi connectivity index (χ2v) is 16.9. The van der Waals surface area contributed by atoms with Crippen LogP contribution in [-0.4, -0.2) is 0 Å². The maximum atomic E-state index is 2.31. The van der Waals surface area contributed by atoms with Gasteiger partial charge in [0.2, 0.25) is 0 Å². The first-order valence-corrected chi connectivity index (χ1v) is 24.6. The van der Waals surface area contributed by atoms with Gasteiger partial charge in [-0.2, -0.15) is 0 Å². The Kier molecular flexibility index (Phi) is 49.0. The van der Waals surface area contributed by atoms with Crippen molar-refractivity contribution in [1.82, 2.24) is 0 Å². The Labute approximate surface area is 326 Å². The van der Waals surface area contributed by atoms with E-state index in [1.54, 1.807) is 0 Å². The first-order valence-electron chi connectivity index (χ1n) is 24.6. The van der Waals surface area contributed by atoms with Crippen molar-refractivity contribution in [3.8, 4) is 0 Å². The van der Waals surface area contributed by atoms with Crippen LogP contribution >= 0.6 is 0 Å². The molecule has 0 aromatic heterocycles. The van der Waals surface area contributed by atoms with Crippen molar-refractivity contribution >= 4 is 0 Å². The molecule has 0 aromatic carbocycles. The normalized spacial score (nSPS) is 12.0. The molecule has 0 N–H and O–H groups in total. The van der Waals surface area contributed by atoms with Crippen molar-refractivity contribution in [3.05, 3.63) is 24.3 Å². The predicted molar refractivity (Wildman–Crippen MR) is 237 cm³/mol. The summed E-state index contributed by atoms with van der Waals surface area (Å²) in [5.41, 5.74) is 0. The maximum Gasteiger partial charge on any atom is -0.0351 e. The van der Waals surface area contributed by atoms with Gasteiger partial charge in [0.15, 0.2) is 0 Å². The minimum atomic E-state index is 1.29. The van der Waals surface area contributed by atoms with Crippen molar-refractivity contribution in [2.45, 2.75) is 303 Å². The van der Waals surface area contributed by atoms with E-state index < -0.39 is 0 Å². The van der Waals surface area contributed by atoms with E-state index in [9.17, 15) is 0 Å². The van der Waals surface area contributed by atoms with Gasteiger partial charge in [0.05, 0.1) is 0 Å². The Bertz CT molecular complexity index is 574. The summed E-state index contributed by atoms with van der Waals surface area (Å²) in [6.07, 6.45) is 75.2. The topological polar surface area (TPSA) is 0 Å². The Morgan fingerprint density at radius 1 is 0.157 bits per heavy atom. The molecule has 51 heavy (non-hydrogen) atoms. The van der Waals surface area contributed by atoms with Gasteiger partial charge in [-0.1, -0.05) is 288 Å². The zero-order valence-corrected chi connectivity index (χ0v) is 36.1. The number of unbranched alkanes of at least 4 members (excludes halogenated alkanes) is 44. The molecule has 0 aliphatic heterocycles. The molecule has 0 saturated carbocycles. The highest BCUT2D eigenvalue weighted by Crippen LogP contribution is 2.18. The fourth-order valence-electron chi connectivity index (χ4n) is 8.11. The number of allylic oxidation sites excluding steroid dienone is 4. The Morgan fingerprint density at radius 3 is 0.353 bits per heavy atom. The molecule has 0 aliphatic carbocycles. The average molecular weight is 713 g/mol. The molecule has 0 aromatic rings. The van der Waals surface area contributed by atoms with E-state index in [4.69, 9.17) is 0 Å². The third kappa shape index (κ3) is 49.5. The molecule has 304 valence electrons. The molecule has 0 bridgehead atoms. The molecule has 0 nitrogen and oxygen atoms in total. The summed E-state index contributed by atoms with van der Waals surface area (Å²) in [5.74, 6) is 0. The van der Waals surface area contributed by atoms with Gasteiger partial charge in [0.25, 0.3) is 0 Å². The van der Waals surface area contributed by atoms with Crippen LogP contribution in [0.3, 0.4) is 0 Å². The predicted octanol–water partition coefficient (Wildman–Crippen LogP) is 19.7. The van der Waals surface area contributed by atoms with E-state index in [2.05, 4.69) is 38.2 Å². The standard InChI is InChI=1S/C51H100/c1-3-5-7-9-11-13-15-17-19-21-23-25-27-29-31-33-35-37-39-41-43-45-47-49-51-50-48-46-44-42-40-38-36-34-32-30-28-26-24-22-20-18-16-14-12-10-8-6-4-2/h3-6H,7-51H2,1-2H3. The summed E-state index contributed by atoms with van der Waals surface area (Å²) in [7, 11) is 0. The van der Waals surface area contributed by atoms with Crippen LogP contribution in [0.2, 0.25) is 0 Å². The minimum absolute atomic E-state index is 1.29. The van der Waals surface area contributed by atoms with Crippen LogP contribution in [0.25, 0.3) is 0 Å². The summed E-state index contributed by atoms with van der Waals surface area (Å²) >= 11 is 0. The van der Waals surface area contributed by atoms with Crippen LogP contribution in [0.1, 0.15) is 303 Å². The molecule has 0 aliphatic rings. The van der Waals surface area contributed by atoms with Gasteiger partial charge < -0.3 is 0 Å². The van der Waals surface area contributed by atoms with Crippen LogP contribution in [-0.2, 0) is 0 Å². The highest BCUT2D eigenvalue weighted by molar-refractivity contribution is 4.76. The summed E-state index contributed by atoms with van der Waals surface area (Å²) in [6, 6.07) is 0. The van der Waals surface area contributed by atoms with Crippen molar-refractivity contribution in [1.29, 1.82) is 0 Å². The molecule has 0 atom stereocenters. The summed E-state index contributed by atoms with van der Waals surface area (Å²) < 4.78 is 0. The zero-order chi connectivity index (χ0) is 36.6. The first-order chi connectivity index (χ1) is 25.4. The Morgan fingerprint density at radius 2 is 0.255 bits per heavy atom. The Balaban J connectivity index is 3.05. The molecular formula is C51H100. The second-order valence-electron chi connectivity index (χ2n) is 16.9. The third-order valence-corrected chi connectivity index (χ3v) is 11.7. The molecule has 0 rings (SSSR count). The van der Waals surface area contributed by atoms with Gasteiger partial charge in [0.1, 0.15) is 0 Å². The lowest BCUT2D eigenvalue weighted by atomic mass is 10.0. The highest BCUT2D eigenvalue weighted by Gasteiger charge is 1.98. The number of rotatable bonds is 46. The number of hydrogen-bond donors (Lipinski definition) is 0. The minimum Gasteiger partial charge on any atom is -0.0917 e. The summed E-state index contributed by atoms with van der Waals surface area (Å²) in [6.45, 7) is 4.26. The van der Waals surface area contributed by atoms with E-state index in [-0.39, 0.29) is 0 Å². The molecule has 0 spiro atoms. The number of hydrogen-bond acceptors (Lipinski definition) is 0. The van der Waals surface area contributed by atoms with E-state index in [0.717, 1.165) is 0 Å². The van der Waals surface area contributed by atoms with E-state index in [1.807, 2.05) is 0 Å². The lowest BCUT2D eigenvalue weighted by Crippen LogP contribution is -1.85. The van der Waals surface area contributed by atoms with Crippen LogP contribution < -0.4 is 0 Å². The van der Waals surface area contributed by atoms with Gasteiger partial charge in [-0.15, -0.1) is 0 Å². The van der Waals surface area contributed by atoms with E-state index >= 15 is 0 Å². The Hall–Kier alpha value is -0.520. The van der Waals surface area contributed by atoms with Crippen LogP contribution in [0.4, 0.5) is 0 Å². The summed E-state index contributed by atoms with van der Waals surface area (Å²) in [5, 5.41) is 0.